The Bertz CT molecular complexity index is 468. The standard InChI is InChI=1S/C11H10Cl2F3NOS/c1-6(10(18)17-5-11(14,15)16)19-9-4-7(12)2-3-8(9)13/h2-4,6H,5H2,1H3,(H,17,18). The minimum absolute atomic E-state index is 0.393. The number of hydrogen-bond acceptors (Lipinski definition) is 2. The third kappa shape index (κ3) is 5.93. The number of rotatable bonds is 4. The van der Waals surface area contributed by atoms with Gasteiger partial charge in [-0.2, -0.15) is 13.2 Å². The third-order valence-electron chi connectivity index (χ3n) is 2.03. The van der Waals surface area contributed by atoms with Gasteiger partial charge in [0, 0.05) is 9.92 Å². The largest absolute Gasteiger partial charge is 0.405 e. The van der Waals surface area contributed by atoms with Crippen molar-refractivity contribution in [2.75, 3.05) is 6.54 Å². The average Bonchev–Trinajstić information content (AvgIpc) is 2.29. The van der Waals surface area contributed by atoms with Crippen molar-refractivity contribution < 1.29 is 18.0 Å². The maximum absolute atomic E-state index is 12.0. The fourth-order valence-corrected chi connectivity index (χ4v) is 2.58. The lowest BCUT2D eigenvalue weighted by Gasteiger charge is -2.14. The molecule has 0 aliphatic heterocycles. The highest BCUT2D eigenvalue weighted by Crippen LogP contribution is 2.32. The number of nitrogens with one attached hydrogen (secondary N) is 1. The molecule has 0 aromatic heterocycles. The van der Waals surface area contributed by atoms with E-state index >= 15 is 0 Å². The van der Waals surface area contributed by atoms with E-state index in [4.69, 9.17) is 23.2 Å². The summed E-state index contributed by atoms with van der Waals surface area (Å²) in [5.74, 6) is -0.710. The number of hydrogen-bond donors (Lipinski definition) is 1. The molecule has 1 atom stereocenters. The van der Waals surface area contributed by atoms with Crippen LogP contribution < -0.4 is 5.32 Å². The van der Waals surface area contributed by atoms with E-state index < -0.39 is 23.9 Å². The summed E-state index contributed by atoms with van der Waals surface area (Å²) in [6.45, 7) is 0.146. The van der Waals surface area contributed by atoms with Crippen molar-refractivity contribution in [3.05, 3.63) is 28.2 Å². The topological polar surface area (TPSA) is 29.1 Å². The zero-order valence-electron chi connectivity index (χ0n) is 9.72. The fourth-order valence-electron chi connectivity index (χ4n) is 1.14. The Hall–Kier alpha value is -0.590. The van der Waals surface area contributed by atoms with Crippen LogP contribution in [0.25, 0.3) is 0 Å². The average molecular weight is 332 g/mol. The van der Waals surface area contributed by atoms with Gasteiger partial charge < -0.3 is 5.32 Å². The lowest BCUT2D eigenvalue weighted by Crippen LogP contribution is -2.37. The van der Waals surface area contributed by atoms with Crippen LogP contribution in [0.4, 0.5) is 13.2 Å². The number of benzene rings is 1. The number of thioether (sulfide) groups is 1. The second kappa shape index (κ2) is 6.72. The molecule has 0 bridgehead atoms. The number of carbonyl (C=O) groups excluding carboxylic acids is 1. The second-order valence-electron chi connectivity index (χ2n) is 3.67. The van der Waals surface area contributed by atoms with Crippen LogP contribution in [0.1, 0.15) is 6.92 Å². The van der Waals surface area contributed by atoms with E-state index in [-0.39, 0.29) is 0 Å². The maximum Gasteiger partial charge on any atom is 0.405 e. The van der Waals surface area contributed by atoms with Crippen LogP contribution in [-0.2, 0) is 4.79 Å². The lowest BCUT2D eigenvalue weighted by molar-refractivity contribution is -0.137. The van der Waals surface area contributed by atoms with E-state index in [0.29, 0.717) is 14.9 Å². The molecular weight excluding hydrogens is 322 g/mol. The van der Waals surface area contributed by atoms with Crippen LogP contribution in [0, 0.1) is 0 Å². The van der Waals surface area contributed by atoms with E-state index in [0.717, 1.165) is 11.8 Å². The Balaban J connectivity index is 2.61. The van der Waals surface area contributed by atoms with E-state index in [2.05, 4.69) is 0 Å². The number of alkyl halides is 3. The van der Waals surface area contributed by atoms with Crippen molar-refractivity contribution in [2.24, 2.45) is 0 Å². The molecule has 0 heterocycles. The molecule has 1 rings (SSSR count). The molecule has 1 amide bonds. The van der Waals surface area contributed by atoms with Gasteiger partial charge in [0.05, 0.1) is 10.3 Å². The number of carbonyl (C=O) groups is 1. The van der Waals surface area contributed by atoms with Crippen LogP contribution in [0.2, 0.25) is 10.0 Å². The van der Waals surface area contributed by atoms with Gasteiger partial charge >= 0.3 is 6.18 Å². The van der Waals surface area contributed by atoms with E-state index in [9.17, 15) is 18.0 Å². The Kier molecular flexibility index (Phi) is 5.82. The van der Waals surface area contributed by atoms with Crippen LogP contribution >= 0.6 is 35.0 Å². The van der Waals surface area contributed by atoms with Gasteiger partial charge in [0.15, 0.2) is 0 Å². The van der Waals surface area contributed by atoms with Crippen molar-refractivity contribution >= 4 is 40.9 Å². The van der Waals surface area contributed by atoms with Gasteiger partial charge in [0.25, 0.3) is 0 Å². The quantitative estimate of drug-likeness (QED) is 0.839. The zero-order chi connectivity index (χ0) is 14.6. The molecule has 0 spiro atoms. The first-order valence-electron chi connectivity index (χ1n) is 5.15. The molecule has 8 heteroatoms. The molecule has 0 aliphatic rings. The summed E-state index contributed by atoms with van der Waals surface area (Å²) < 4.78 is 35.9. The minimum Gasteiger partial charge on any atom is -0.346 e. The van der Waals surface area contributed by atoms with E-state index in [1.54, 1.807) is 18.2 Å². The molecule has 19 heavy (non-hydrogen) atoms. The number of amides is 1. The Labute approximate surface area is 122 Å². The first kappa shape index (κ1) is 16.5. The third-order valence-corrected chi connectivity index (χ3v) is 3.87. The monoisotopic (exact) mass is 331 g/mol. The predicted octanol–water partition coefficient (Wildman–Crippen LogP) is 4.15. The minimum atomic E-state index is -4.42. The molecule has 1 N–H and O–H groups in total. The summed E-state index contributed by atoms with van der Waals surface area (Å²) in [5.41, 5.74) is 0. The summed E-state index contributed by atoms with van der Waals surface area (Å²) in [7, 11) is 0. The molecule has 106 valence electrons. The Morgan fingerprint density at radius 2 is 2.05 bits per heavy atom. The van der Waals surface area contributed by atoms with Gasteiger partial charge in [-0.3, -0.25) is 4.79 Å². The van der Waals surface area contributed by atoms with Crippen molar-refractivity contribution in [3.63, 3.8) is 0 Å². The fraction of sp³-hybridized carbons (Fsp3) is 0.364. The van der Waals surface area contributed by atoms with Gasteiger partial charge in [0.1, 0.15) is 6.54 Å². The number of halogens is 5. The van der Waals surface area contributed by atoms with Crippen LogP contribution in [-0.4, -0.2) is 23.9 Å². The zero-order valence-corrected chi connectivity index (χ0v) is 12.1. The Morgan fingerprint density at radius 1 is 1.42 bits per heavy atom. The summed E-state index contributed by atoms with van der Waals surface area (Å²) in [4.78, 5) is 12.0. The van der Waals surface area contributed by atoms with Gasteiger partial charge in [0.2, 0.25) is 5.91 Å². The molecule has 0 saturated heterocycles. The smallest absolute Gasteiger partial charge is 0.346 e. The van der Waals surface area contributed by atoms with Crippen molar-refractivity contribution in [3.8, 4) is 0 Å². The molecule has 0 radical (unpaired) electrons. The van der Waals surface area contributed by atoms with Crippen molar-refractivity contribution in [2.45, 2.75) is 23.2 Å². The van der Waals surface area contributed by atoms with Gasteiger partial charge in [-0.25, -0.2) is 0 Å². The van der Waals surface area contributed by atoms with E-state index in [1.165, 1.54) is 6.92 Å². The van der Waals surface area contributed by atoms with Gasteiger partial charge in [-0.05, 0) is 25.1 Å². The molecule has 1 aromatic carbocycles. The molecular formula is C11H10Cl2F3NOS. The summed E-state index contributed by atoms with van der Waals surface area (Å²) in [6.07, 6.45) is -4.42. The summed E-state index contributed by atoms with van der Waals surface area (Å²) in [5, 5.41) is 1.94. The highest BCUT2D eigenvalue weighted by atomic mass is 35.5. The summed E-state index contributed by atoms with van der Waals surface area (Å²) in [6, 6.07) is 4.71. The SMILES string of the molecule is CC(Sc1cc(Cl)ccc1Cl)C(=O)NCC(F)(F)F. The molecule has 2 nitrogen and oxygen atoms in total. The Morgan fingerprint density at radius 3 is 2.63 bits per heavy atom. The van der Waals surface area contributed by atoms with Crippen LogP contribution in [0.15, 0.2) is 23.1 Å². The molecule has 1 unspecified atom stereocenters. The second-order valence-corrected chi connectivity index (χ2v) is 5.89. The van der Waals surface area contributed by atoms with Crippen molar-refractivity contribution in [1.82, 2.24) is 5.32 Å². The predicted molar refractivity (Wildman–Crippen MR) is 70.8 cm³/mol. The highest BCUT2D eigenvalue weighted by molar-refractivity contribution is 8.00. The van der Waals surface area contributed by atoms with Gasteiger partial charge in [-0.1, -0.05) is 23.2 Å². The molecule has 0 saturated carbocycles. The van der Waals surface area contributed by atoms with Crippen molar-refractivity contribution in [1.29, 1.82) is 0 Å². The van der Waals surface area contributed by atoms with Crippen LogP contribution in [0.3, 0.4) is 0 Å². The molecule has 0 fully saturated rings. The van der Waals surface area contributed by atoms with E-state index in [1.807, 2.05) is 5.32 Å². The maximum atomic E-state index is 12.0. The first-order valence-corrected chi connectivity index (χ1v) is 6.79. The molecule has 1 aromatic rings. The van der Waals surface area contributed by atoms with Crippen LogP contribution in [0.5, 0.6) is 0 Å². The highest BCUT2D eigenvalue weighted by Gasteiger charge is 2.29. The molecule has 0 aliphatic carbocycles. The lowest BCUT2D eigenvalue weighted by atomic mass is 10.4. The first-order chi connectivity index (χ1) is 8.69. The normalized spacial score (nSPS) is 13.2. The van der Waals surface area contributed by atoms with Gasteiger partial charge in [-0.15, -0.1) is 11.8 Å². The summed E-state index contributed by atoms with van der Waals surface area (Å²) >= 11 is 12.7.